The minimum Gasteiger partial charge on any atom is -0.484 e. The minimum atomic E-state index is -0.450. The van der Waals surface area contributed by atoms with Gasteiger partial charge in [0.1, 0.15) is 5.75 Å². The third-order valence-electron chi connectivity index (χ3n) is 3.12. The molecule has 1 aromatic rings. The molecule has 0 aliphatic carbocycles. The van der Waals surface area contributed by atoms with Crippen LogP contribution in [0.2, 0.25) is 0 Å². The van der Waals surface area contributed by atoms with E-state index in [1.54, 1.807) is 0 Å². The quantitative estimate of drug-likeness (QED) is 0.832. The first-order valence-corrected chi connectivity index (χ1v) is 6.95. The highest BCUT2D eigenvalue weighted by atomic mass is 16.5. The Hall–Kier alpha value is -1.84. The molecule has 4 heteroatoms. The Morgan fingerprint density at radius 3 is 2.25 bits per heavy atom. The highest BCUT2D eigenvalue weighted by Crippen LogP contribution is 2.12. The Bertz CT molecular complexity index is 451. The van der Waals surface area contributed by atoms with Crippen molar-refractivity contribution >= 4 is 11.7 Å². The van der Waals surface area contributed by atoms with Crippen LogP contribution < -0.4 is 10.1 Å². The number of benzene rings is 1. The highest BCUT2D eigenvalue weighted by Gasteiger charge is 2.20. The molecular weight excluding hydrogens is 254 g/mol. The maximum absolute atomic E-state index is 11.8. The van der Waals surface area contributed by atoms with Crippen LogP contribution in [0.25, 0.3) is 0 Å². The lowest BCUT2D eigenvalue weighted by molar-refractivity contribution is -0.129. The fraction of sp³-hybridized carbons (Fsp3) is 0.500. The SMILES string of the molecule is CCc1ccc(OCC(=O)NC(C(C)=O)C(C)C)cc1. The number of amides is 1. The van der Waals surface area contributed by atoms with Crippen molar-refractivity contribution in [1.29, 1.82) is 0 Å². The van der Waals surface area contributed by atoms with Crippen molar-refractivity contribution in [1.82, 2.24) is 5.32 Å². The van der Waals surface area contributed by atoms with E-state index in [0.717, 1.165) is 6.42 Å². The molecule has 0 heterocycles. The van der Waals surface area contributed by atoms with Gasteiger partial charge >= 0.3 is 0 Å². The molecule has 0 radical (unpaired) electrons. The Balaban J connectivity index is 2.47. The van der Waals surface area contributed by atoms with E-state index in [1.807, 2.05) is 38.1 Å². The molecule has 0 spiro atoms. The number of Topliss-reactive ketones (excluding diaryl/α,β-unsaturated/α-hetero) is 1. The lowest BCUT2D eigenvalue weighted by Gasteiger charge is -2.19. The number of ketones is 1. The number of carbonyl (C=O) groups is 2. The monoisotopic (exact) mass is 277 g/mol. The number of ether oxygens (including phenoxy) is 1. The molecule has 0 saturated heterocycles. The van der Waals surface area contributed by atoms with Crippen molar-refractivity contribution in [2.45, 2.75) is 40.2 Å². The Morgan fingerprint density at radius 1 is 1.20 bits per heavy atom. The van der Waals surface area contributed by atoms with Gasteiger partial charge in [0.2, 0.25) is 0 Å². The van der Waals surface area contributed by atoms with Crippen molar-refractivity contribution in [3.8, 4) is 5.75 Å². The maximum Gasteiger partial charge on any atom is 0.258 e. The molecule has 1 aromatic carbocycles. The minimum absolute atomic E-state index is 0.0411. The smallest absolute Gasteiger partial charge is 0.258 e. The summed E-state index contributed by atoms with van der Waals surface area (Å²) in [7, 11) is 0. The zero-order valence-electron chi connectivity index (χ0n) is 12.6. The topological polar surface area (TPSA) is 55.4 Å². The van der Waals surface area contributed by atoms with E-state index in [2.05, 4.69) is 12.2 Å². The second-order valence-electron chi connectivity index (χ2n) is 5.19. The van der Waals surface area contributed by atoms with Gasteiger partial charge in [-0.1, -0.05) is 32.9 Å². The first-order valence-electron chi connectivity index (χ1n) is 6.95. The summed E-state index contributed by atoms with van der Waals surface area (Å²) < 4.78 is 5.40. The summed E-state index contributed by atoms with van der Waals surface area (Å²) in [6.45, 7) is 7.28. The van der Waals surface area contributed by atoms with Crippen LogP contribution in [0.1, 0.15) is 33.3 Å². The van der Waals surface area contributed by atoms with Gasteiger partial charge in [0, 0.05) is 0 Å². The summed E-state index contributed by atoms with van der Waals surface area (Å²) >= 11 is 0. The van der Waals surface area contributed by atoms with Crippen molar-refractivity contribution < 1.29 is 14.3 Å². The van der Waals surface area contributed by atoms with Crippen LogP contribution in [-0.2, 0) is 16.0 Å². The predicted molar refractivity (Wildman–Crippen MR) is 78.8 cm³/mol. The predicted octanol–water partition coefficient (Wildman–Crippen LogP) is 2.36. The molecule has 1 rings (SSSR count). The van der Waals surface area contributed by atoms with Crippen LogP contribution in [0.3, 0.4) is 0 Å². The summed E-state index contributed by atoms with van der Waals surface area (Å²) in [5.41, 5.74) is 1.22. The Kier molecular flexibility index (Phi) is 6.22. The fourth-order valence-corrected chi connectivity index (χ4v) is 1.92. The van der Waals surface area contributed by atoms with Crippen LogP contribution in [0.4, 0.5) is 0 Å². The molecule has 0 fully saturated rings. The molecule has 0 aromatic heterocycles. The first kappa shape index (κ1) is 16.2. The lowest BCUT2D eigenvalue weighted by Crippen LogP contribution is -2.45. The van der Waals surface area contributed by atoms with Crippen LogP contribution >= 0.6 is 0 Å². The van der Waals surface area contributed by atoms with E-state index in [9.17, 15) is 9.59 Å². The van der Waals surface area contributed by atoms with Crippen LogP contribution in [-0.4, -0.2) is 24.3 Å². The van der Waals surface area contributed by atoms with Crippen molar-refractivity contribution in [2.24, 2.45) is 5.92 Å². The largest absolute Gasteiger partial charge is 0.484 e. The molecule has 1 amide bonds. The maximum atomic E-state index is 11.8. The van der Waals surface area contributed by atoms with Gasteiger partial charge in [0.05, 0.1) is 6.04 Å². The molecule has 110 valence electrons. The van der Waals surface area contributed by atoms with Gasteiger partial charge in [-0.3, -0.25) is 9.59 Å². The van der Waals surface area contributed by atoms with E-state index in [4.69, 9.17) is 4.74 Å². The van der Waals surface area contributed by atoms with Crippen molar-refractivity contribution in [3.05, 3.63) is 29.8 Å². The normalized spacial score (nSPS) is 12.1. The second-order valence-corrected chi connectivity index (χ2v) is 5.19. The number of aryl methyl sites for hydroxylation is 1. The number of carbonyl (C=O) groups excluding carboxylic acids is 2. The molecule has 0 aliphatic heterocycles. The van der Waals surface area contributed by atoms with Crippen molar-refractivity contribution in [2.75, 3.05) is 6.61 Å². The van der Waals surface area contributed by atoms with E-state index in [-0.39, 0.29) is 24.2 Å². The van der Waals surface area contributed by atoms with Crippen LogP contribution in [0, 0.1) is 5.92 Å². The average Bonchev–Trinajstić information content (AvgIpc) is 2.42. The molecule has 0 aliphatic rings. The summed E-state index contributed by atoms with van der Waals surface area (Å²) in [5, 5.41) is 2.70. The van der Waals surface area contributed by atoms with Gasteiger partial charge in [-0.05, 0) is 37.0 Å². The molecule has 0 saturated carbocycles. The molecule has 1 unspecified atom stereocenters. The van der Waals surface area contributed by atoms with Gasteiger partial charge in [0.25, 0.3) is 5.91 Å². The molecule has 0 bridgehead atoms. The zero-order chi connectivity index (χ0) is 15.1. The first-order chi connectivity index (χ1) is 9.43. The Labute approximate surface area is 120 Å². The van der Waals surface area contributed by atoms with Gasteiger partial charge in [0.15, 0.2) is 12.4 Å². The van der Waals surface area contributed by atoms with E-state index < -0.39 is 6.04 Å². The van der Waals surface area contributed by atoms with Gasteiger partial charge < -0.3 is 10.1 Å². The molecular formula is C16H23NO3. The second kappa shape index (κ2) is 7.68. The van der Waals surface area contributed by atoms with Crippen LogP contribution in [0.15, 0.2) is 24.3 Å². The number of hydrogen-bond acceptors (Lipinski definition) is 3. The highest BCUT2D eigenvalue weighted by molar-refractivity contribution is 5.88. The van der Waals surface area contributed by atoms with Gasteiger partial charge in [-0.2, -0.15) is 0 Å². The van der Waals surface area contributed by atoms with Crippen molar-refractivity contribution in [3.63, 3.8) is 0 Å². The standard InChI is InChI=1S/C16H23NO3/c1-5-13-6-8-14(9-7-13)20-10-15(19)17-16(11(2)3)12(4)18/h6-9,11,16H,5,10H2,1-4H3,(H,17,19). The zero-order valence-corrected chi connectivity index (χ0v) is 12.6. The number of hydrogen-bond donors (Lipinski definition) is 1. The number of rotatable bonds is 7. The summed E-state index contributed by atoms with van der Waals surface area (Å²) in [6, 6.07) is 7.18. The lowest BCUT2D eigenvalue weighted by atomic mass is 10.0. The summed E-state index contributed by atoms with van der Waals surface area (Å²) in [4.78, 5) is 23.2. The molecule has 20 heavy (non-hydrogen) atoms. The summed E-state index contributed by atoms with van der Waals surface area (Å²) in [6.07, 6.45) is 0.968. The fourth-order valence-electron chi connectivity index (χ4n) is 1.92. The van der Waals surface area contributed by atoms with Gasteiger partial charge in [-0.25, -0.2) is 0 Å². The van der Waals surface area contributed by atoms with Crippen LogP contribution in [0.5, 0.6) is 5.75 Å². The Morgan fingerprint density at radius 2 is 1.80 bits per heavy atom. The molecule has 4 nitrogen and oxygen atoms in total. The molecule has 1 atom stereocenters. The molecule has 1 N–H and O–H groups in total. The van der Waals surface area contributed by atoms with E-state index in [1.165, 1.54) is 12.5 Å². The summed E-state index contributed by atoms with van der Waals surface area (Å²) in [5.74, 6) is 0.403. The third kappa shape index (κ3) is 5.03. The number of nitrogens with one attached hydrogen (secondary N) is 1. The van der Waals surface area contributed by atoms with E-state index in [0.29, 0.717) is 5.75 Å². The van der Waals surface area contributed by atoms with Gasteiger partial charge in [-0.15, -0.1) is 0 Å². The van der Waals surface area contributed by atoms with E-state index >= 15 is 0 Å². The average molecular weight is 277 g/mol. The third-order valence-corrected chi connectivity index (χ3v) is 3.12.